The Morgan fingerprint density at radius 1 is 1.08 bits per heavy atom. The Morgan fingerprint density at radius 3 is 2.50 bits per heavy atom. The molecule has 2 aromatic carbocycles. The number of benzene rings is 2. The van der Waals surface area contributed by atoms with E-state index in [0.29, 0.717) is 5.75 Å². The zero-order chi connectivity index (χ0) is 17.3. The maximum atomic E-state index is 9.80. The summed E-state index contributed by atoms with van der Waals surface area (Å²) >= 11 is 0. The van der Waals surface area contributed by atoms with E-state index in [0.717, 1.165) is 28.2 Å². The number of hydrogen-bond acceptors (Lipinski definition) is 4. The first-order valence-corrected chi connectivity index (χ1v) is 7.97. The molecule has 0 aliphatic carbocycles. The number of ether oxygens (including phenoxy) is 3. The Bertz CT molecular complexity index is 779. The van der Waals surface area contributed by atoms with Gasteiger partial charge in [0.1, 0.15) is 6.10 Å². The van der Waals surface area contributed by atoms with E-state index in [-0.39, 0.29) is 17.8 Å². The van der Waals surface area contributed by atoms with Crippen molar-refractivity contribution in [2.75, 3.05) is 14.2 Å². The van der Waals surface area contributed by atoms with Gasteiger partial charge in [0, 0.05) is 11.5 Å². The Morgan fingerprint density at radius 2 is 1.83 bits per heavy atom. The smallest absolute Gasteiger partial charge is 0.165 e. The van der Waals surface area contributed by atoms with Crippen LogP contribution < -0.4 is 14.2 Å². The van der Waals surface area contributed by atoms with Crippen molar-refractivity contribution < 1.29 is 19.3 Å². The van der Waals surface area contributed by atoms with E-state index < -0.39 is 0 Å². The largest absolute Gasteiger partial charge is 0.504 e. The molecule has 0 saturated carbocycles. The summed E-state index contributed by atoms with van der Waals surface area (Å²) in [6.45, 7) is 4.12. The van der Waals surface area contributed by atoms with Crippen LogP contribution in [0.5, 0.6) is 23.0 Å². The summed E-state index contributed by atoms with van der Waals surface area (Å²) in [5, 5.41) is 9.80. The molecule has 3 rings (SSSR count). The van der Waals surface area contributed by atoms with Crippen LogP contribution in [0.25, 0.3) is 6.08 Å². The Labute approximate surface area is 142 Å². The molecule has 2 aromatic rings. The average molecular weight is 326 g/mol. The molecule has 2 atom stereocenters. The number of aromatic hydroxyl groups is 1. The minimum Gasteiger partial charge on any atom is -0.504 e. The molecule has 1 aliphatic heterocycles. The molecule has 0 amide bonds. The third kappa shape index (κ3) is 2.68. The van der Waals surface area contributed by atoms with Gasteiger partial charge >= 0.3 is 0 Å². The first-order chi connectivity index (χ1) is 11.6. The monoisotopic (exact) mass is 326 g/mol. The number of methoxy groups -OCH3 is 2. The second kappa shape index (κ2) is 6.48. The average Bonchev–Trinajstić information content (AvgIpc) is 2.92. The first-order valence-electron chi connectivity index (χ1n) is 7.97. The van der Waals surface area contributed by atoms with Gasteiger partial charge in [-0.15, -0.1) is 0 Å². The van der Waals surface area contributed by atoms with Gasteiger partial charge in [-0.1, -0.05) is 25.1 Å². The van der Waals surface area contributed by atoms with Gasteiger partial charge < -0.3 is 19.3 Å². The van der Waals surface area contributed by atoms with Crippen molar-refractivity contribution in [1.82, 2.24) is 0 Å². The third-order valence-corrected chi connectivity index (χ3v) is 4.41. The number of fused-ring (bicyclic) bond motifs is 1. The molecule has 0 bridgehead atoms. The van der Waals surface area contributed by atoms with Crippen LogP contribution in [0.15, 0.2) is 36.4 Å². The molecule has 1 N–H and O–H groups in total. The van der Waals surface area contributed by atoms with E-state index in [1.807, 2.05) is 37.3 Å². The van der Waals surface area contributed by atoms with E-state index in [4.69, 9.17) is 14.2 Å². The molecule has 0 fully saturated rings. The number of allylic oxidation sites excluding steroid dienone is 1. The summed E-state index contributed by atoms with van der Waals surface area (Å²) < 4.78 is 16.9. The van der Waals surface area contributed by atoms with Crippen LogP contribution in [0.3, 0.4) is 0 Å². The number of phenolic OH excluding ortho intramolecular Hbond substituents is 1. The zero-order valence-corrected chi connectivity index (χ0v) is 14.4. The van der Waals surface area contributed by atoms with Gasteiger partial charge in [-0.05, 0) is 42.3 Å². The highest BCUT2D eigenvalue weighted by molar-refractivity contribution is 5.62. The maximum absolute atomic E-state index is 9.80. The molecule has 0 aromatic heterocycles. The Balaban J connectivity index is 2.03. The lowest BCUT2D eigenvalue weighted by Crippen LogP contribution is -2.07. The van der Waals surface area contributed by atoms with Crippen LogP contribution in [-0.4, -0.2) is 19.3 Å². The van der Waals surface area contributed by atoms with Crippen molar-refractivity contribution in [3.05, 3.63) is 53.1 Å². The van der Waals surface area contributed by atoms with Crippen LogP contribution >= 0.6 is 0 Å². The maximum Gasteiger partial charge on any atom is 0.165 e. The molecule has 0 spiro atoms. The van der Waals surface area contributed by atoms with Crippen LogP contribution in [0.2, 0.25) is 0 Å². The number of rotatable bonds is 4. The fourth-order valence-electron chi connectivity index (χ4n) is 3.17. The highest BCUT2D eigenvalue weighted by Crippen LogP contribution is 2.51. The molecule has 4 nitrogen and oxygen atoms in total. The lowest BCUT2D eigenvalue weighted by molar-refractivity contribution is 0.207. The van der Waals surface area contributed by atoms with Crippen LogP contribution in [0, 0.1) is 0 Å². The molecule has 4 heteroatoms. The molecule has 0 saturated heterocycles. The number of phenols is 1. The van der Waals surface area contributed by atoms with Crippen LogP contribution in [0.1, 0.15) is 42.6 Å². The molecule has 0 radical (unpaired) electrons. The van der Waals surface area contributed by atoms with Gasteiger partial charge in [-0.2, -0.15) is 0 Å². The molecule has 126 valence electrons. The lowest BCUT2D eigenvalue weighted by atomic mass is 9.91. The Hall–Kier alpha value is -2.62. The molecular formula is C20H22O4. The Kier molecular flexibility index (Phi) is 4.38. The zero-order valence-electron chi connectivity index (χ0n) is 14.4. The van der Waals surface area contributed by atoms with Crippen molar-refractivity contribution in [1.29, 1.82) is 0 Å². The second-order valence-corrected chi connectivity index (χ2v) is 5.90. The highest BCUT2D eigenvalue weighted by Gasteiger charge is 2.35. The van der Waals surface area contributed by atoms with Crippen molar-refractivity contribution in [3.63, 3.8) is 0 Å². The van der Waals surface area contributed by atoms with Crippen molar-refractivity contribution in [2.24, 2.45) is 0 Å². The molecule has 1 aliphatic rings. The van der Waals surface area contributed by atoms with Gasteiger partial charge in [-0.3, -0.25) is 0 Å². The van der Waals surface area contributed by atoms with Crippen LogP contribution in [0.4, 0.5) is 0 Å². The molecule has 1 unspecified atom stereocenters. The summed E-state index contributed by atoms with van der Waals surface area (Å²) in [6, 6.07) is 9.44. The summed E-state index contributed by atoms with van der Waals surface area (Å²) in [5.74, 6) is 2.25. The summed E-state index contributed by atoms with van der Waals surface area (Å²) in [4.78, 5) is 0. The van der Waals surface area contributed by atoms with Gasteiger partial charge in [0.2, 0.25) is 0 Å². The predicted octanol–water partition coefficient (Wildman–Crippen LogP) is 4.68. The van der Waals surface area contributed by atoms with Crippen molar-refractivity contribution >= 4 is 6.08 Å². The predicted molar refractivity (Wildman–Crippen MR) is 94.1 cm³/mol. The topological polar surface area (TPSA) is 47.9 Å². The molecule has 24 heavy (non-hydrogen) atoms. The third-order valence-electron chi connectivity index (χ3n) is 4.41. The summed E-state index contributed by atoms with van der Waals surface area (Å²) in [5.41, 5.74) is 3.18. The van der Waals surface area contributed by atoms with Gasteiger partial charge in [0.05, 0.1) is 14.2 Å². The van der Waals surface area contributed by atoms with Gasteiger partial charge in [0.15, 0.2) is 23.0 Å². The minimum absolute atomic E-state index is 0.123. The first kappa shape index (κ1) is 16.2. The van der Waals surface area contributed by atoms with Crippen molar-refractivity contribution in [2.45, 2.75) is 25.9 Å². The molecular weight excluding hydrogens is 304 g/mol. The quantitative estimate of drug-likeness (QED) is 0.886. The van der Waals surface area contributed by atoms with E-state index in [9.17, 15) is 5.11 Å². The lowest BCUT2D eigenvalue weighted by Gasteiger charge is -2.17. The van der Waals surface area contributed by atoms with Crippen molar-refractivity contribution in [3.8, 4) is 23.0 Å². The van der Waals surface area contributed by atoms with E-state index in [1.54, 1.807) is 20.3 Å². The fourth-order valence-corrected chi connectivity index (χ4v) is 3.17. The van der Waals surface area contributed by atoms with E-state index >= 15 is 0 Å². The highest BCUT2D eigenvalue weighted by atomic mass is 16.5. The summed E-state index contributed by atoms with van der Waals surface area (Å²) in [7, 11) is 3.19. The fraction of sp³-hybridized carbons (Fsp3) is 0.300. The standard InChI is InChI=1S/C20H22O4/c1-5-6-13-9-15-12(2)19(24-20(15)18(10-13)23-4)14-7-8-16(21)17(11-14)22-3/h5-12,19,21H,1-4H3/b6-5+/t12-,19?/m0/s1. The van der Waals surface area contributed by atoms with Gasteiger partial charge in [-0.25, -0.2) is 0 Å². The van der Waals surface area contributed by atoms with Crippen LogP contribution in [-0.2, 0) is 0 Å². The molecule has 1 heterocycles. The normalized spacial score (nSPS) is 19.2. The van der Waals surface area contributed by atoms with Gasteiger partial charge in [0.25, 0.3) is 0 Å². The second-order valence-electron chi connectivity index (χ2n) is 5.90. The minimum atomic E-state index is -0.149. The number of hydrogen-bond donors (Lipinski definition) is 1. The summed E-state index contributed by atoms with van der Waals surface area (Å²) in [6.07, 6.45) is 3.90. The SMILES string of the molecule is C/C=C/c1cc(OC)c2c(c1)[C@H](C)C(c1ccc(O)c(OC)c1)O2. The van der Waals surface area contributed by atoms with E-state index in [1.165, 1.54) is 0 Å². The van der Waals surface area contributed by atoms with E-state index in [2.05, 4.69) is 13.0 Å².